The molecular weight excluding hydrogens is 346 g/mol. The molecule has 0 aliphatic rings. The van der Waals surface area contributed by atoms with Gasteiger partial charge in [-0.05, 0) is 30.7 Å². The highest BCUT2D eigenvalue weighted by Gasteiger charge is 2.16. The van der Waals surface area contributed by atoms with E-state index in [2.05, 4.69) is 20.7 Å². The molecule has 0 radical (unpaired) electrons. The van der Waals surface area contributed by atoms with Crippen LogP contribution in [0.25, 0.3) is 10.9 Å². The first-order valence-corrected chi connectivity index (χ1v) is 8.64. The van der Waals surface area contributed by atoms with Gasteiger partial charge in [0.15, 0.2) is 0 Å². The lowest BCUT2D eigenvalue weighted by Crippen LogP contribution is -2.28. The molecule has 1 aromatic carbocycles. The average Bonchev–Trinajstić information content (AvgIpc) is 3.00. The number of aromatic nitrogens is 3. The third-order valence-electron chi connectivity index (χ3n) is 4.26. The molecule has 3 rings (SSSR count). The molecule has 3 aromatic rings. The largest absolute Gasteiger partial charge is 0.481 e. The number of hydrogen-bond donors (Lipinski definition) is 2. The van der Waals surface area contributed by atoms with Gasteiger partial charge in [0.25, 0.3) is 0 Å². The fourth-order valence-electron chi connectivity index (χ4n) is 2.96. The summed E-state index contributed by atoms with van der Waals surface area (Å²) >= 11 is 0. The molecule has 0 fully saturated rings. The molecular formula is C19H23N5O3. The van der Waals surface area contributed by atoms with E-state index in [0.717, 1.165) is 28.6 Å². The summed E-state index contributed by atoms with van der Waals surface area (Å²) in [5.74, 6) is 1.20. The Balaban J connectivity index is 1.68. The molecule has 0 unspecified atom stereocenters. The Morgan fingerprint density at radius 3 is 2.70 bits per heavy atom. The van der Waals surface area contributed by atoms with Crippen LogP contribution >= 0.6 is 0 Å². The number of nitrogens with one attached hydrogen (secondary N) is 2. The second-order valence-corrected chi connectivity index (χ2v) is 5.98. The second-order valence-electron chi connectivity index (χ2n) is 5.98. The fourth-order valence-corrected chi connectivity index (χ4v) is 2.96. The number of benzene rings is 1. The number of anilines is 1. The van der Waals surface area contributed by atoms with E-state index in [0.29, 0.717) is 24.0 Å². The molecule has 0 spiro atoms. The number of methoxy groups -OCH3 is 2. The van der Waals surface area contributed by atoms with Crippen molar-refractivity contribution in [1.29, 1.82) is 0 Å². The number of carbonyl (C=O) groups excluding carboxylic acids is 1. The van der Waals surface area contributed by atoms with Crippen molar-refractivity contribution in [2.75, 3.05) is 19.5 Å². The summed E-state index contributed by atoms with van der Waals surface area (Å²) in [6.07, 6.45) is 0.761. The summed E-state index contributed by atoms with van der Waals surface area (Å²) in [4.78, 5) is 16.7. The predicted molar refractivity (Wildman–Crippen MR) is 103 cm³/mol. The van der Waals surface area contributed by atoms with E-state index in [4.69, 9.17) is 9.47 Å². The first-order valence-electron chi connectivity index (χ1n) is 8.64. The maximum atomic E-state index is 12.3. The number of amides is 2. The van der Waals surface area contributed by atoms with Crippen molar-refractivity contribution in [1.82, 2.24) is 20.1 Å². The van der Waals surface area contributed by atoms with Gasteiger partial charge >= 0.3 is 6.03 Å². The Kier molecular flexibility index (Phi) is 5.44. The highest BCUT2D eigenvalue weighted by atomic mass is 16.5. The number of carbonyl (C=O) groups is 1. The van der Waals surface area contributed by atoms with Crippen LogP contribution in [-0.2, 0) is 20.0 Å². The van der Waals surface area contributed by atoms with Crippen molar-refractivity contribution >= 4 is 22.6 Å². The summed E-state index contributed by atoms with van der Waals surface area (Å²) in [7, 11) is 4.99. The standard InChI is InChI=1S/C19H23N5O3/c1-5-15-14(18(27-4)24(2)23-15)11-20-19(25)21-13-7-8-16-12(10-13)6-9-17(22-16)26-3/h6-10H,5,11H2,1-4H3,(H2,20,21,25). The molecule has 0 aliphatic carbocycles. The number of aryl methyl sites for hydroxylation is 2. The van der Waals surface area contributed by atoms with E-state index in [-0.39, 0.29) is 6.03 Å². The topological polar surface area (TPSA) is 90.3 Å². The average molecular weight is 369 g/mol. The molecule has 27 heavy (non-hydrogen) atoms. The smallest absolute Gasteiger partial charge is 0.319 e. The van der Waals surface area contributed by atoms with Gasteiger partial charge in [0, 0.05) is 24.2 Å². The molecule has 8 heteroatoms. The molecule has 2 N–H and O–H groups in total. The number of ether oxygens (including phenoxy) is 2. The van der Waals surface area contributed by atoms with E-state index in [1.54, 1.807) is 31.0 Å². The molecule has 2 amide bonds. The summed E-state index contributed by atoms with van der Waals surface area (Å²) in [6, 6.07) is 8.89. The van der Waals surface area contributed by atoms with Crippen LogP contribution in [0.3, 0.4) is 0 Å². The minimum absolute atomic E-state index is 0.302. The van der Waals surface area contributed by atoms with Gasteiger partial charge < -0.3 is 20.1 Å². The minimum Gasteiger partial charge on any atom is -0.481 e. The monoisotopic (exact) mass is 369 g/mol. The van der Waals surface area contributed by atoms with E-state index in [9.17, 15) is 4.79 Å². The van der Waals surface area contributed by atoms with Gasteiger partial charge in [0.2, 0.25) is 11.8 Å². The van der Waals surface area contributed by atoms with Crippen molar-refractivity contribution in [2.45, 2.75) is 19.9 Å². The van der Waals surface area contributed by atoms with Gasteiger partial charge in [-0.2, -0.15) is 5.10 Å². The summed E-state index contributed by atoms with van der Waals surface area (Å²) in [5, 5.41) is 11.0. The third kappa shape index (κ3) is 3.94. The first kappa shape index (κ1) is 18.5. The Labute approximate surface area is 157 Å². The lowest BCUT2D eigenvalue weighted by atomic mass is 10.2. The zero-order valence-corrected chi connectivity index (χ0v) is 15.9. The van der Waals surface area contributed by atoms with Crippen molar-refractivity contribution in [2.24, 2.45) is 7.05 Å². The van der Waals surface area contributed by atoms with E-state index < -0.39 is 0 Å². The zero-order valence-electron chi connectivity index (χ0n) is 15.9. The number of pyridine rings is 1. The number of urea groups is 1. The van der Waals surface area contributed by atoms with Crippen molar-refractivity contribution in [3.8, 4) is 11.8 Å². The van der Waals surface area contributed by atoms with Gasteiger partial charge in [0.1, 0.15) is 0 Å². The van der Waals surface area contributed by atoms with E-state index in [1.165, 1.54) is 0 Å². The lowest BCUT2D eigenvalue weighted by Gasteiger charge is -2.10. The van der Waals surface area contributed by atoms with Crippen LogP contribution in [0.15, 0.2) is 30.3 Å². The molecule has 0 atom stereocenters. The van der Waals surface area contributed by atoms with Gasteiger partial charge in [-0.1, -0.05) is 6.92 Å². The molecule has 0 bridgehead atoms. The predicted octanol–water partition coefficient (Wildman–Crippen LogP) is 2.87. The van der Waals surface area contributed by atoms with Crippen LogP contribution in [0.5, 0.6) is 11.8 Å². The Hall–Kier alpha value is -3.29. The number of rotatable bonds is 6. The quantitative estimate of drug-likeness (QED) is 0.697. The Bertz CT molecular complexity index is 967. The van der Waals surface area contributed by atoms with Gasteiger partial charge in [-0.3, -0.25) is 0 Å². The fraction of sp³-hybridized carbons (Fsp3) is 0.316. The normalized spacial score (nSPS) is 10.7. The van der Waals surface area contributed by atoms with Crippen molar-refractivity contribution in [3.63, 3.8) is 0 Å². The summed E-state index contributed by atoms with van der Waals surface area (Å²) in [6.45, 7) is 2.35. The number of nitrogens with zero attached hydrogens (tertiary/aromatic N) is 3. The Morgan fingerprint density at radius 1 is 1.19 bits per heavy atom. The number of fused-ring (bicyclic) bond motifs is 1. The van der Waals surface area contributed by atoms with Gasteiger partial charge in [-0.15, -0.1) is 0 Å². The zero-order chi connectivity index (χ0) is 19.4. The summed E-state index contributed by atoms with van der Waals surface area (Å²) < 4.78 is 12.2. The molecule has 8 nitrogen and oxygen atoms in total. The van der Waals surface area contributed by atoms with Gasteiger partial charge in [-0.25, -0.2) is 14.5 Å². The van der Waals surface area contributed by atoms with Crippen LogP contribution in [0, 0.1) is 0 Å². The molecule has 2 heterocycles. The van der Waals surface area contributed by atoms with Crippen LogP contribution in [0.4, 0.5) is 10.5 Å². The van der Waals surface area contributed by atoms with E-state index in [1.807, 2.05) is 32.2 Å². The molecule has 2 aromatic heterocycles. The highest BCUT2D eigenvalue weighted by Crippen LogP contribution is 2.22. The van der Waals surface area contributed by atoms with Gasteiger partial charge in [0.05, 0.1) is 37.5 Å². The maximum absolute atomic E-state index is 12.3. The first-order chi connectivity index (χ1) is 13.0. The van der Waals surface area contributed by atoms with Crippen LogP contribution in [0.2, 0.25) is 0 Å². The second kappa shape index (κ2) is 7.94. The minimum atomic E-state index is -0.302. The SMILES string of the molecule is CCc1nn(C)c(OC)c1CNC(=O)Nc1ccc2nc(OC)ccc2c1. The van der Waals surface area contributed by atoms with E-state index >= 15 is 0 Å². The number of hydrogen-bond acceptors (Lipinski definition) is 5. The highest BCUT2D eigenvalue weighted by molar-refractivity contribution is 5.92. The van der Waals surface area contributed by atoms with Crippen LogP contribution < -0.4 is 20.1 Å². The van der Waals surface area contributed by atoms with Crippen molar-refractivity contribution in [3.05, 3.63) is 41.6 Å². The Morgan fingerprint density at radius 2 is 2.00 bits per heavy atom. The summed E-state index contributed by atoms with van der Waals surface area (Å²) in [5.41, 5.74) is 3.27. The van der Waals surface area contributed by atoms with Crippen molar-refractivity contribution < 1.29 is 14.3 Å². The lowest BCUT2D eigenvalue weighted by molar-refractivity contribution is 0.251. The molecule has 0 saturated carbocycles. The molecule has 142 valence electrons. The van der Waals surface area contributed by atoms with Crippen LogP contribution in [0.1, 0.15) is 18.2 Å². The molecule has 0 aliphatic heterocycles. The maximum Gasteiger partial charge on any atom is 0.319 e. The third-order valence-corrected chi connectivity index (χ3v) is 4.26. The molecule has 0 saturated heterocycles. The van der Waals surface area contributed by atoms with Crippen LogP contribution in [-0.4, -0.2) is 35.0 Å².